The zero-order chi connectivity index (χ0) is 11.1. The number of thioether (sulfide) groups is 1. The Morgan fingerprint density at radius 1 is 1.60 bits per heavy atom. The average Bonchev–Trinajstić information content (AvgIpc) is 2.21. The molecule has 0 N–H and O–H groups in total. The summed E-state index contributed by atoms with van der Waals surface area (Å²) in [6.07, 6.45) is 2.77. The molecule has 1 rings (SSSR count). The Bertz CT molecular complexity index is 296. The van der Waals surface area contributed by atoms with Crippen LogP contribution in [0.5, 0.6) is 5.75 Å². The molecule has 0 aliphatic rings. The largest absolute Gasteiger partial charge is 0.491 e. The molecule has 84 valence electrons. The van der Waals surface area contributed by atoms with Crippen LogP contribution in [-0.4, -0.2) is 22.7 Å². The molecule has 0 radical (unpaired) electrons. The number of halogens is 1. The summed E-state index contributed by atoms with van der Waals surface area (Å²) in [5, 5.41) is 1.42. The van der Waals surface area contributed by atoms with Crippen LogP contribution in [0.25, 0.3) is 0 Å². The van der Waals surface area contributed by atoms with Crippen molar-refractivity contribution in [3.05, 3.63) is 18.3 Å². The van der Waals surface area contributed by atoms with E-state index < -0.39 is 0 Å². The first-order chi connectivity index (χ1) is 7.27. The molecule has 1 unspecified atom stereocenters. The van der Waals surface area contributed by atoms with Crippen LogP contribution in [0.3, 0.4) is 0 Å². The van der Waals surface area contributed by atoms with Gasteiger partial charge < -0.3 is 4.74 Å². The lowest BCUT2D eigenvalue weighted by Gasteiger charge is -2.12. The number of pyridine rings is 1. The van der Waals surface area contributed by atoms with E-state index in [4.69, 9.17) is 16.3 Å². The highest BCUT2D eigenvalue weighted by atomic mass is 35.5. The third kappa shape index (κ3) is 4.31. The Morgan fingerprint density at radius 3 is 3.07 bits per heavy atom. The zero-order valence-electron chi connectivity index (χ0n) is 9.07. The maximum Gasteiger partial charge on any atom is 0.151 e. The summed E-state index contributed by atoms with van der Waals surface area (Å²) in [6, 6.07) is 3.84. The Labute approximate surface area is 100 Å². The molecule has 0 amide bonds. The summed E-state index contributed by atoms with van der Waals surface area (Å²) in [5.41, 5.74) is 0. The molecule has 0 fully saturated rings. The Kier molecular flexibility index (Phi) is 5.88. The van der Waals surface area contributed by atoms with E-state index in [-0.39, 0.29) is 0 Å². The fourth-order valence-electron chi connectivity index (χ4n) is 1.13. The lowest BCUT2D eigenvalue weighted by atomic mass is 10.4. The third-order valence-corrected chi connectivity index (χ3v) is 3.25. The van der Waals surface area contributed by atoms with Crippen LogP contribution in [-0.2, 0) is 0 Å². The monoisotopic (exact) mass is 245 g/mol. The van der Waals surface area contributed by atoms with Crippen LogP contribution in [0.1, 0.15) is 20.3 Å². The molecule has 1 heterocycles. The van der Waals surface area contributed by atoms with Crippen molar-refractivity contribution in [1.82, 2.24) is 4.98 Å². The first-order valence-electron chi connectivity index (χ1n) is 5.08. The van der Waals surface area contributed by atoms with Crippen molar-refractivity contribution in [3.63, 3.8) is 0 Å². The Balaban J connectivity index is 2.66. The summed E-state index contributed by atoms with van der Waals surface area (Å²) >= 11 is 7.41. The molecule has 0 aromatic carbocycles. The molecule has 1 aromatic rings. The number of rotatable bonds is 6. The molecular weight excluding hydrogens is 230 g/mol. The van der Waals surface area contributed by atoms with E-state index in [0.29, 0.717) is 17.7 Å². The van der Waals surface area contributed by atoms with Crippen LogP contribution in [0.2, 0.25) is 0 Å². The molecule has 1 atom stereocenters. The van der Waals surface area contributed by atoms with Crippen LogP contribution in [0.4, 0.5) is 0 Å². The second-order valence-corrected chi connectivity index (χ2v) is 4.95. The second-order valence-electron chi connectivity index (χ2n) is 3.15. The summed E-state index contributed by atoms with van der Waals surface area (Å²) < 4.78 is 5.50. The maximum absolute atomic E-state index is 5.70. The minimum atomic E-state index is 0.469. The van der Waals surface area contributed by atoms with Crippen molar-refractivity contribution in [2.45, 2.75) is 30.5 Å². The molecule has 0 saturated carbocycles. The van der Waals surface area contributed by atoms with Gasteiger partial charge in [0.2, 0.25) is 0 Å². The van der Waals surface area contributed by atoms with Gasteiger partial charge in [-0.3, -0.25) is 0 Å². The summed E-state index contributed by atoms with van der Waals surface area (Å²) in [4.78, 5) is 4.31. The molecule has 2 nitrogen and oxygen atoms in total. The Hall–Kier alpha value is -0.410. The van der Waals surface area contributed by atoms with E-state index in [1.807, 2.05) is 19.1 Å². The molecule has 15 heavy (non-hydrogen) atoms. The SMILES string of the molecule is CCOc1cccnc1SC(C)CCCl. The van der Waals surface area contributed by atoms with Gasteiger partial charge in [0.25, 0.3) is 0 Å². The van der Waals surface area contributed by atoms with Crippen molar-refractivity contribution < 1.29 is 4.74 Å². The molecule has 0 aliphatic carbocycles. The van der Waals surface area contributed by atoms with Gasteiger partial charge in [0.05, 0.1) is 6.61 Å². The quantitative estimate of drug-likeness (QED) is 0.565. The van der Waals surface area contributed by atoms with E-state index in [2.05, 4.69) is 11.9 Å². The summed E-state index contributed by atoms with van der Waals surface area (Å²) in [7, 11) is 0. The van der Waals surface area contributed by atoms with Gasteiger partial charge in [0.15, 0.2) is 5.75 Å². The predicted octanol–water partition coefficient (Wildman–Crippen LogP) is 3.59. The number of aromatic nitrogens is 1. The molecule has 0 saturated heterocycles. The van der Waals surface area contributed by atoms with Crippen molar-refractivity contribution in [3.8, 4) is 5.75 Å². The highest BCUT2D eigenvalue weighted by Crippen LogP contribution is 2.31. The minimum absolute atomic E-state index is 0.469. The standard InChI is InChI=1S/C11H16ClNOS/c1-3-14-10-5-4-8-13-11(10)15-9(2)6-7-12/h4-5,8-9H,3,6-7H2,1-2H3. The molecular formula is C11H16ClNOS. The van der Waals surface area contributed by atoms with Crippen molar-refractivity contribution in [2.75, 3.05) is 12.5 Å². The van der Waals surface area contributed by atoms with E-state index in [9.17, 15) is 0 Å². The molecule has 0 aliphatic heterocycles. The van der Waals surface area contributed by atoms with E-state index >= 15 is 0 Å². The smallest absolute Gasteiger partial charge is 0.151 e. The fraction of sp³-hybridized carbons (Fsp3) is 0.545. The first-order valence-corrected chi connectivity index (χ1v) is 6.49. The number of hydrogen-bond donors (Lipinski definition) is 0. The normalized spacial score (nSPS) is 12.5. The van der Waals surface area contributed by atoms with Gasteiger partial charge in [-0.1, -0.05) is 18.7 Å². The van der Waals surface area contributed by atoms with Crippen LogP contribution in [0.15, 0.2) is 23.4 Å². The maximum atomic E-state index is 5.70. The van der Waals surface area contributed by atoms with Gasteiger partial charge in [0, 0.05) is 17.3 Å². The predicted molar refractivity (Wildman–Crippen MR) is 66.1 cm³/mol. The van der Waals surface area contributed by atoms with E-state index in [1.165, 1.54) is 0 Å². The molecule has 4 heteroatoms. The number of hydrogen-bond acceptors (Lipinski definition) is 3. The Morgan fingerprint density at radius 2 is 2.40 bits per heavy atom. The van der Waals surface area contributed by atoms with Crippen molar-refractivity contribution >= 4 is 23.4 Å². The van der Waals surface area contributed by atoms with Gasteiger partial charge >= 0.3 is 0 Å². The van der Waals surface area contributed by atoms with Gasteiger partial charge in [-0.25, -0.2) is 4.98 Å². The van der Waals surface area contributed by atoms with Gasteiger partial charge in [-0.05, 0) is 25.5 Å². The van der Waals surface area contributed by atoms with Crippen LogP contribution < -0.4 is 4.74 Å². The average molecular weight is 246 g/mol. The topological polar surface area (TPSA) is 22.1 Å². The van der Waals surface area contributed by atoms with Gasteiger partial charge in [-0.2, -0.15) is 0 Å². The zero-order valence-corrected chi connectivity index (χ0v) is 10.6. The van der Waals surface area contributed by atoms with Crippen molar-refractivity contribution in [2.24, 2.45) is 0 Å². The van der Waals surface area contributed by atoms with E-state index in [1.54, 1.807) is 18.0 Å². The third-order valence-electron chi connectivity index (χ3n) is 1.86. The molecule has 0 spiro atoms. The van der Waals surface area contributed by atoms with Crippen molar-refractivity contribution in [1.29, 1.82) is 0 Å². The second kappa shape index (κ2) is 6.96. The highest BCUT2D eigenvalue weighted by molar-refractivity contribution is 7.99. The van der Waals surface area contributed by atoms with Gasteiger partial charge in [0.1, 0.15) is 5.03 Å². The van der Waals surface area contributed by atoms with Crippen LogP contribution >= 0.6 is 23.4 Å². The lowest BCUT2D eigenvalue weighted by molar-refractivity contribution is 0.329. The molecule has 0 bridgehead atoms. The van der Waals surface area contributed by atoms with Gasteiger partial charge in [-0.15, -0.1) is 11.6 Å². The first kappa shape index (κ1) is 12.7. The van der Waals surface area contributed by atoms with E-state index in [0.717, 1.165) is 17.2 Å². The van der Waals surface area contributed by atoms with Crippen LogP contribution in [0, 0.1) is 0 Å². The molecule has 1 aromatic heterocycles. The highest BCUT2D eigenvalue weighted by Gasteiger charge is 2.09. The number of nitrogens with zero attached hydrogens (tertiary/aromatic N) is 1. The lowest BCUT2D eigenvalue weighted by Crippen LogP contribution is -2.00. The number of ether oxygens (including phenoxy) is 1. The minimum Gasteiger partial charge on any atom is -0.491 e. The summed E-state index contributed by atoms with van der Waals surface area (Å²) in [5.74, 6) is 1.55. The fourth-order valence-corrected chi connectivity index (χ4v) is 2.57. The summed E-state index contributed by atoms with van der Waals surface area (Å²) in [6.45, 7) is 4.80. The number of alkyl halides is 1.